The van der Waals surface area contributed by atoms with Gasteiger partial charge in [-0.05, 0) is 24.1 Å². The van der Waals surface area contributed by atoms with Crippen LogP contribution in [-0.2, 0) is 16.0 Å². The number of rotatable bonds is 6. The van der Waals surface area contributed by atoms with Gasteiger partial charge in [-0.25, -0.2) is 0 Å². The third kappa shape index (κ3) is 4.41. The quantitative estimate of drug-likeness (QED) is 0.723. The lowest BCUT2D eigenvalue weighted by atomic mass is 9.96. The number of anilines is 1. The SMILES string of the molecule is O=C(CC(Cc1ccccc1)C(=O)O)Nc1cnc2ccccc2c1. The fraction of sp³-hybridized carbons (Fsp3) is 0.150. The summed E-state index contributed by atoms with van der Waals surface area (Å²) < 4.78 is 0. The lowest BCUT2D eigenvalue weighted by molar-refractivity contribution is -0.143. The molecule has 3 aromatic rings. The highest BCUT2D eigenvalue weighted by Crippen LogP contribution is 2.18. The van der Waals surface area contributed by atoms with Crippen molar-refractivity contribution in [1.29, 1.82) is 0 Å². The Morgan fingerprint density at radius 2 is 1.76 bits per heavy atom. The van der Waals surface area contributed by atoms with Crippen LogP contribution in [0.2, 0.25) is 0 Å². The monoisotopic (exact) mass is 334 g/mol. The van der Waals surface area contributed by atoms with Crippen LogP contribution in [0.1, 0.15) is 12.0 Å². The van der Waals surface area contributed by atoms with Crippen LogP contribution in [0.5, 0.6) is 0 Å². The van der Waals surface area contributed by atoms with Crippen LogP contribution >= 0.6 is 0 Å². The van der Waals surface area contributed by atoms with Crippen molar-refractivity contribution >= 4 is 28.5 Å². The number of carbonyl (C=O) groups excluding carboxylic acids is 1. The minimum atomic E-state index is -0.976. The number of benzene rings is 2. The van der Waals surface area contributed by atoms with Crippen molar-refractivity contribution in [3.63, 3.8) is 0 Å². The summed E-state index contributed by atoms with van der Waals surface area (Å²) in [5, 5.41) is 13.1. The molecule has 25 heavy (non-hydrogen) atoms. The predicted octanol–water partition coefficient (Wildman–Crippen LogP) is 3.51. The standard InChI is InChI=1S/C20H18N2O3/c23-19(12-16(20(24)25)10-14-6-2-1-3-7-14)22-17-11-15-8-4-5-9-18(15)21-13-17/h1-9,11,13,16H,10,12H2,(H,22,23)(H,24,25). The maximum absolute atomic E-state index is 12.3. The molecule has 1 unspecified atom stereocenters. The number of nitrogens with zero attached hydrogens (tertiary/aromatic N) is 1. The zero-order valence-electron chi connectivity index (χ0n) is 13.6. The van der Waals surface area contributed by atoms with Crippen molar-refractivity contribution < 1.29 is 14.7 Å². The Balaban J connectivity index is 1.67. The second-order valence-corrected chi connectivity index (χ2v) is 5.89. The van der Waals surface area contributed by atoms with Crippen LogP contribution in [0.15, 0.2) is 66.9 Å². The second kappa shape index (κ2) is 7.57. The molecule has 0 aliphatic carbocycles. The molecule has 2 aromatic carbocycles. The second-order valence-electron chi connectivity index (χ2n) is 5.89. The predicted molar refractivity (Wildman–Crippen MR) is 96.3 cm³/mol. The van der Waals surface area contributed by atoms with Gasteiger partial charge in [-0.1, -0.05) is 48.5 Å². The maximum atomic E-state index is 12.3. The number of amides is 1. The zero-order chi connectivity index (χ0) is 17.6. The van der Waals surface area contributed by atoms with Crippen LogP contribution in [0.25, 0.3) is 10.9 Å². The van der Waals surface area contributed by atoms with Crippen LogP contribution < -0.4 is 5.32 Å². The number of carboxylic acid groups (broad SMARTS) is 1. The molecule has 1 amide bonds. The molecule has 3 rings (SSSR count). The Morgan fingerprint density at radius 3 is 2.52 bits per heavy atom. The molecule has 126 valence electrons. The molecular formula is C20H18N2O3. The van der Waals surface area contributed by atoms with Crippen molar-refractivity contribution in [2.45, 2.75) is 12.8 Å². The third-order valence-electron chi connectivity index (χ3n) is 3.98. The molecule has 1 heterocycles. The smallest absolute Gasteiger partial charge is 0.307 e. The van der Waals surface area contributed by atoms with Gasteiger partial charge in [0.25, 0.3) is 0 Å². The summed E-state index contributed by atoms with van der Waals surface area (Å²) in [6.07, 6.45) is 1.81. The number of fused-ring (bicyclic) bond motifs is 1. The van der Waals surface area contributed by atoms with E-state index in [0.717, 1.165) is 16.5 Å². The number of aromatic nitrogens is 1. The Kier molecular flexibility index (Phi) is 5.04. The molecule has 5 nitrogen and oxygen atoms in total. The summed E-state index contributed by atoms with van der Waals surface area (Å²) in [6.45, 7) is 0. The fourth-order valence-corrected chi connectivity index (χ4v) is 2.72. The number of aliphatic carboxylic acids is 1. The molecule has 0 radical (unpaired) electrons. The number of carboxylic acids is 1. The van der Waals surface area contributed by atoms with E-state index in [4.69, 9.17) is 0 Å². The molecule has 0 saturated carbocycles. The van der Waals surface area contributed by atoms with Gasteiger partial charge in [0.05, 0.1) is 23.3 Å². The van der Waals surface area contributed by atoms with Crippen molar-refractivity contribution in [1.82, 2.24) is 4.98 Å². The highest BCUT2D eigenvalue weighted by Gasteiger charge is 2.21. The van der Waals surface area contributed by atoms with E-state index in [9.17, 15) is 14.7 Å². The van der Waals surface area contributed by atoms with E-state index in [2.05, 4.69) is 10.3 Å². The van der Waals surface area contributed by atoms with Crippen molar-refractivity contribution in [2.75, 3.05) is 5.32 Å². The van der Waals surface area contributed by atoms with Crippen LogP contribution in [0, 0.1) is 5.92 Å². The average molecular weight is 334 g/mol. The van der Waals surface area contributed by atoms with Gasteiger partial charge in [-0.15, -0.1) is 0 Å². The van der Waals surface area contributed by atoms with Gasteiger partial charge in [-0.3, -0.25) is 14.6 Å². The number of carbonyl (C=O) groups is 2. The first kappa shape index (κ1) is 16.6. The molecule has 5 heteroatoms. The van der Waals surface area contributed by atoms with E-state index in [1.165, 1.54) is 0 Å². The van der Waals surface area contributed by atoms with Crippen LogP contribution in [0.3, 0.4) is 0 Å². The lowest BCUT2D eigenvalue weighted by Crippen LogP contribution is -2.24. The van der Waals surface area contributed by atoms with Gasteiger partial charge in [0.1, 0.15) is 0 Å². The molecule has 0 aliphatic rings. The summed E-state index contributed by atoms with van der Waals surface area (Å²) >= 11 is 0. The van der Waals surface area contributed by atoms with Crippen molar-refractivity contribution in [2.24, 2.45) is 5.92 Å². The minimum absolute atomic E-state index is 0.0863. The number of pyridine rings is 1. The molecule has 0 aliphatic heterocycles. The summed E-state index contributed by atoms with van der Waals surface area (Å²) in [4.78, 5) is 28.0. The van der Waals surface area contributed by atoms with E-state index in [0.29, 0.717) is 12.1 Å². The Labute approximate surface area is 145 Å². The molecule has 0 fully saturated rings. The maximum Gasteiger partial charge on any atom is 0.307 e. The molecule has 2 N–H and O–H groups in total. The topological polar surface area (TPSA) is 79.3 Å². The van der Waals surface area contributed by atoms with Crippen molar-refractivity contribution in [3.8, 4) is 0 Å². The Bertz CT molecular complexity index is 894. The first-order valence-corrected chi connectivity index (χ1v) is 8.03. The minimum Gasteiger partial charge on any atom is -0.481 e. The van der Waals surface area contributed by atoms with Gasteiger partial charge in [0.15, 0.2) is 0 Å². The van der Waals surface area contributed by atoms with Gasteiger partial charge in [-0.2, -0.15) is 0 Å². The fourth-order valence-electron chi connectivity index (χ4n) is 2.72. The molecule has 1 aromatic heterocycles. The lowest BCUT2D eigenvalue weighted by Gasteiger charge is -2.13. The highest BCUT2D eigenvalue weighted by molar-refractivity contribution is 5.94. The largest absolute Gasteiger partial charge is 0.481 e. The summed E-state index contributed by atoms with van der Waals surface area (Å²) in [6, 6.07) is 18.7. The van der Waals surface area contributed by atoms with E-state index in [1.54, 1.807) is 6.20 Å². The normalized spacial score (nSPS) is 11.8. The summed E-state index contributed by atoms with van der Waals surface area (Å²) in [5.41, 5.74) is 2.30. The molecule has 0 saturated heterocycles. The molecule has 1 atom stereocenters. The molecule has 0 spiro atoms. The average Bonchev–Trinajstić information content (AvgIpc) is 2.62. The van der Waals surface area contributed by atoms with Gasteiger partial charge in [0.2, 0.25) is 5.91 Å². The third-order valence-corrected chi connectivity index (χ3v) is 3.98. The first-order valence-electron chi connectivity index (χ1n) is 8.03. The van der Waals surface area contributed by atoms with E-state index in [1.807, 2.05) is 60.7 Å². The molecular weight excluding hydrogens is 316 g/mol. The van der Waals surface area contributed by atoms with Crippen LogP contribution in [-0.4, -0.2) is 22.0 Å². The first-order chi connectivity index (χ1) is 12.1. The zero-order valence-corrected chi connectivity index (χ0v) is 13.6. The van der Waals surface area contributed by atoms with Crippen molar-refractivity contribution in [3.05, 3.63) is 72.4 Å². The van der Waals surface area contributed by atoms with Gasteiger partial charge >= 0.3 is 5.97 Å². The highest BCUT2D eigenvalue weighted by atomic mass is 16.4. The van der Waals surface area contributed by atoms with Gasteiger partial charge < -0.3 is 10.4 Å². The number of hydrogen-bond acceptors (Lipinski definition) is 3. The van der Waals surface area contributed by atoms with E-state index in [-0.39, 0.29) is 12.3 Å². The molecule has 0 bridgehead atoms. The Hall–Kier alpha value is -3.21. The number of para-hydroxylation sites is 1. The Morgan fingerprint density at radius 1 is 1.04 bits per heavy atom. The summed E-state index contributed by atoms with van der Waals surface area (Å²) in [5.74, 6) is -2.08. The summed E-state index contributed by atoms with van der Waals surface area (Å²) in [7, 11) is 0. The number of nitrogens with one attached hydrogen (secondary N) is 1. The van der Waals surface area contributed by atoms with E-state index >= 15 is 0 Å². The number of hydrogen-bond donors (Lipinski definition) is 2. The van der Waals surface area contributed by atoms with Gasteiger partial charge in [0, 0.05) is 11.8 Å². The van der Waals surface area contributed by atoms with E-state index < -0.39 is 11.9 Å². The van der Waals surface area contributed by atoms with Crippen LogP contribution in [0.4, 0.5) is 5.69 Å².